The second-order valence-electron chi connectivity index (χ2n) is 6.61. The van der Waals surface area contributed by atoms with Gasteiger partial charge in [-0.25, -0.2) is 0 Å². The summed E-state index contributed by atoms with van der Waals surface area (Å²) in [6.07, 6.45) is 27.7. The van der Waals surface area contributed by atoms with Crippen LogP contribution in [0.5, 0.6) is 0 Å². The molecule has 0 saturated heterocycles. The molecule has 235 valence electrons. The van der Waals surface area contributed by atoms with Crippen LogP contribution in [0, 0.1) is 233 Å². The molecule has 0 aliphatic heterocycles. The molecule has 0 aliphatic rings. The van der Waals surface area contributed by atoms with Gasteiger partial charge in [0, 0.05) is 266 Å². The monoisotopic (exact) mass is 800 g/mol. The summed E-state index contributed by atoms with van der Waals surface area (Å²) in [4.78, 5) is 0. The maximum absolute atomic E-state index is 8.58. The average Bonchev–Trinajstić information content (AvgIpc) is 2.77. The first-order valence-corrected chi connectivity index (χ1v) is 13.6. The molecule has 1 radical (unpaired) electrons. The average molecular weight is 800 g/mol. The van der Waals surface area contributed by atoms with Crippen LogP contribution in [0.1, 0.15) is 90.9 Å². The minimum absolute atomic E-state index is 0. The molecule has 0 rings (SSSR count). The fraction of sp³-hybridized carbons (Fsp3) is 0.536. The van der Waals surface area contributed by atoms with Gasteiger partial charge in [-0.3, -0.25) is 0 Å². The summed E-state index contributed by atoms with van der Waals surface area (Å²) in [6.45, 7) is 24.5. The predicted molar refractivity (Wildman–Crippen MR) is 161 cm³/mol. The molecule has 0 bridgehead atoms. The van der Waals surface area contributed by atoms with E-state index in [-0.39, 0.29) is 259 Å². The molecular weight excluding hydrogens is 743 g/mol. The number of allylic oxidation sites excluding steroid dienone is 6. The molecule has 0 saturated carbocycles. The maximum Gasteiger partial charge on any atom is 0.0851 e. The second-order valence-corrected chi connectivity index (χ2v) is 7.90. The molecule has 0 aromatic heterocycles. The van der Waals surface area contributed by atoms with Crippen molar-refractivity contribution in [1.82, 2.24) is 0 Å². The van der Waals surface area contributed by atoms with Crippen molar-refractivity contribution >= 4 is 18.5 Å². The van der Waals surface area contributed by atoms with Crippen LogP contribution < -0.4 is 0 Å². The number of unbranched alkanes of at least 4 members (excludes halogenated alkanes) is 6. The van der Waals surface area contributed by atoms with Gasteiger partial charge in [-0.2, -0.15) is 15.4 Å². The van der Waals surface area contributed by atoms with Gasteiger partial charge < -0.3 is 5.11 Å². The number of aliphatic hydroxyl groups excluding tert-OH is 1. The Morgan fingerprint density at radius 3 is 1.47 bits per heavy atom. The standard InChI is InChI=1S/C11H20.C7H14O.2C4H9P.C2H4.6Ar.Y/c1-3-5-7-9-11-10-8-6-4-2;1-3-4-5-6-7(2)8;2*1-2-3-4-5;1-2;;;;;;;/h3,7,9H,1,4-6,8,10-11H2,2H3;8H,2-6H2,1H3;2H,1,3-5H2;2,4H,1,3H2,5H3;1-2H2;;;;;;;/p+1/b9-7+;;;;;;;;;;;. The van der Waals surface area contributed by atoms with Gasteiger partial charge in [0.25, 0.3) is 0 Å². The van der Waals surface area contributed by atoms with E-state index in [1.54, 1.807) is 0 Å². The third-order valence-electron chi connectivity index (χ3n) is 3.50. The fourth-order valence-electron chi connectivity index (χ4n) is 1.84. The Morgan fingerprint density at radius 2 is 1.21 bits per heavy atom. The van der Waals surface area contributed by atoms with Gasteiger partial charge in [0.1, 0.15) is 0 Å². The van der Waals surface area contributed by atoms with E-state index in [1.165, 1.54) is 57.5 Å². The molecule has 0 aromatic rings. The zero-order chi connectivity index (χ0) is 25.0. The minimum atomic E-state index is 0. The van der Waals surface area contributed by atoms with Gasteiger partial charge in [-0.15, -0.1) is 45.4 Å². The van der Waals surface area contributed by atoms with E-state index in [4.69, 9.17) is 5.11 Å². The van der Waals surface area contributed by atoms with Crippen molar-refractivity contribution in [3.8, 4) is 0 Å². The molecule has 0 aromatic carbocycles. The van der Waals surface area contributed by atoms with E-state index in [1.807, 2.05) is 36.7 Å². The van der Waals surface area contributed by atoms with Crippen LogP contribution in [0.25, 0.3) is 0 Å². The third kappa shape index (κ3) is 131. The van der Waals surface area contributed by atoms with Crippen molar-refractivity contribution in [3.05, 3.63) is 81.8 Å². The Labute approximate surface area is 450 Å². The van der Waals surface area contributed by atoms with Gasteiger partial charge >= 0.3 is 0 Å². The van der Waals surface area contributed by atoms with Gasteiger partial charge in [-0.05, 0) is 41.3 Å². The first-order chi connectivity index (χ1) is 15.0. The number of hydrogen-bond donors (Lipinski definition) is 1. The number of hydrogen-bond acceptors (Lipinski definition) is 1. The van der Waals surface area contributed by atoms with Crippen molar-refractivity contribution < 1.29 is 264 Å². The Hall–Kier alpha value is 7.76. The minimum Gasteiger partial charge on any atom is -0.513 e. The Morgan fingerprint density at radius 1 is 0.737 bits per heavy atom. The Kier molecular flexibility index (Phi) is 205. The molecule has 1 N–H and O–H groups in total. The van der Waals surface area contributed by atoms with Crippen LogP contribution in [0.15, 0.2) is 75.6 Å². The molecule has 0 fully saturated rings. The SMILES string of the molecule is C=C.C=C(O)CCCCC.C=CC/C=C/CCCCCC.C=CCC[PH3+].C=CC[CH-][PH3+].[Ar].[Ar].[Ar].[Ar].[Ar].[Ar].[Y]. The van der Waals surface area contributed by atoms with Gasteiger partial charge in [0.2, 0.25) is 0 Å². The van der Waals surface area contributed by atoms with Crippen LogP contribution >= 0.6 is 18.5 Å². The molecule has 0 heterocycles. The quantitative estimate of drug-likeness (QED) is 0.0575. The van der Waals surface area contributed by atoms with Crippen LogP contribution in [-0.2, 0) is 32.7 Å². The summed E-state index contributed by atoms with van der Waals surface area (Å²) in [6, 6.07) is 0. The van der Waals surface area contributed by atoms with Gasteiger partial charge in [-0.1, -0.05) is 76.8 Å². The number of aliphatic hydroxyl groups is 1. The van der Waals surface area contributed by atoms with E-state index in [0.29, 0.717) is 5.76 Å². The maximum atomic E-state index is 8.58. The Bertz CT molecular complexity index is 382. The molecule has 2 atom stereocenters. The molecule has 38 heavy (non-hydrogen) atoms. The summed E-state index contributed by atoms with van der Waals surface area (Å²) in [7, 11) is 3.83. The molecular formula is C28H57Ar6OP2Y+. The van der Waals surface area contributed by atoms with Crippen LogP contribution in [0.3, 0.4) is 0 Å². The van der Waals surface area contributed by atoms with E-state index in [2.05, 4.69) is 71.6 Å². The van der Waals surface area contributed by atoms with Crippen LogP contribution in [0.2, 0.25) is 0 Å². The van der Waals surface area contributed by atoms with Crippen molar-refractivity contribution in [2.45, 2.75) is 90.9 Å². The fourth-order valence-corrected chi connectivity index (χ4v) is 2.36. The van der Waals surface area contributed by atoms with E-state index in [0.717, 1.165) is 25.7 Å². The van der Waals surface area contributed by atoms with Crippen molar-refractivity contribution in [3.63, 3.8) is 0 Å². The molecule has 0 amide bonds. The van der Waals surface area contributed by atoms with E-state index < -0.39 is 0 Å². The second kappa shape index (κ2) is 96.8. The van der Waals surface area contributed by atoms with Gasteiger partial charge in [0.05, 0.1) is 11.9 Å². The van der Waals surface area contributed by atoms with E-state index >= 15 is 0 Å². The summed E-state index contributed by atoms with van der Waals surface area (Å²) in [5.74, 6) is 0.318. The molecule has 2 unspecified atom stereocenters. The zero-order valence-corrected chi connectivity index (χ0v) is 33.9. The van der Waals surface area contributed by atoms with E-state index in [9.17, 15) is 0 Å². The summed E-state index contributed by atoms with van der Waals surface area (Å²) in [5, 5.41) is 8.58. The normalized spacial score (nSPS) is 7.21. The molecule has 0 spiro atoms. The summed E-state index contributed by atoms with van der Waals surface area (Å²) < 4.78 is 0. The molecule has 10 heteroatoms. The van der Waals surface area contributed by atoms with Crippen molar-refractivity contribution in [2.24, 2.45) is 0 Å². The predicted octanol–water partition coefficient (Wildman–Crippen LogP) is 10.0. The Balaban J connectivity index is -0.0000000227. The molecule has 1 nitrogen and oxygen atoms in total. The smallest absolute Gasteiger partial charge is 0.0851 e. The first-order valence-electron chi connectivity index (χ1n) is 11.8. The van der Waals surface area contributed by atoms with Crippen LogP contribution in [0.4, 0.5) is 0 Å². The first kappa shape index (κ1) is 80.4. The topological polar surface area (TPSA) is 20.2 Å². The van der Waals surface area contributed by atoms with Crippen molar-refractivity contribution in [2.75, 3.05) is 6.16 Å². The third-order valence-corrected chi connectivity index (χ3v) is 4.25. The van der Waals surface area contributed by atoms with Gasteiger partial charge in [0.15, 0.2) is 0 Å². The summed E-state index contributed by atoms with van der Waals surface area (Å²) in [5.41, 5.74) is 0. The number of rotatable bonds is 15. The largest absolute Gasteiger partial charge is 0.513 e. The van der Waals surface area contributed by atoms with Crippen LogP contribution in [-0.4, -0.2) is 11.3 Å². The molecule has 0 aliphatic carbocycles. The zero-order valence-electron chi connectivity index (χ0n) is 24.0. The summed E-state index contributed by atoms with van der Waals surface area (Å²) >= 11 is 0. The van der Waals surface area contributed by atoms with Crippen molar-refractivity contribution in [1.29, 1.82) is 0 Å².